The van der Waals surface area contributed by atoms with E-state index in [1.54, 1.807) is 22.7 Å². The van der Waals surface area contributed by atoms with Gasteiger partial charge in [0.05, 0.1) is 13.2 Å². The van der Waals surface area contributed by atoms with Crippen molar-refractivity contribution in [1.82, 2.24) is 0 Å². The zero-order chi connectivity index (χ0) is 21.5. The van der Waals surface area contributed by atoms with E-state index in [0.717, 1.165) is 24.0 Å². The van der Waals surface area contributed by atoms with Crippen molar-refractivity contribution in [1.29, 1.82) is 0 Å². The molecule has 4 rings (SSSR count). The van der Waals surface area contributed by atoms with Gasteiger partial charge in [-0.15, -0.1) is 0 Å². The summed E-state index contributed by atoms with van der Waals surface area (Å²) in [5.41, 5.74) is 4.70. The topological polar surface area (TPSA) is 9.23 Å². The SMILES string of the molecule is Fc1ccc(CC(COCC(Cc2ccc(F)cc2)c2ccsc2)c2ccsc2)cc1. The first kappa shape index (κ1) is 21.9. The quantitative estimate of drug-likeness (QED) is 0.242. The average molecular weight is 455 g/mol. The van der Waals surface area contributed by atoms with Gasteiger partial charge in [-0.05, 0) is 93.0 Å². The monoisotopic (exact) mass is 454 g/mol. The molecule has 2 aromatic heterocycles. The fourth-order valence-electron chi connectivity index (χ4n) is 3.72. The summed E-state index contributed by atoms with van der Waals surface area (Å²) in [6.07, 6.45) is 1.61. The third-order valence-electron chi connectivity index (χ3n) is 5.46. The van der Waals surface area contributed by atoms with Crippen LogP contribution in [-0.4, -0.2) is 13.2 Å². The Kier molecular flexibility index (Phi) is 7.62. The molecule has 0 N–H and O–H groups in total. The highest BCUT2D eigenvalue weighted by Crippen LogP contribution is 2.27. The number of hydrogen-bond donors (Lipinski definition) is 0. The first-order chi connectivity index (χ1) is 15.2. The molecule has 2 heterocycles. The highest BCUT2D eigenvalue weighted by Gasteiger charge is 2.18. The maximum atomic E-state index is 13.3. The van der Waals surface area contributed by atoms with Gasteiger partial charge in [0.1, 0.15) is 11.6 Å². The van der Waals surface area contributed by atoms with Gasteiger partial charge in [-0.1, -0.05) is 24.3 Å². The lowest BCUT2D eigenvalue weighted by Crippen LogP contribution is -2.16. The lowest BCUT2D eigenvalue weighted by molar-refractivity contribution is 0.106. The molecule has 0 amide bonds. The molecule has 0 bridgehead atoms. The van der Waals surface area contributed by atoms with Crippen molar-refractivity contribution in [2.24, 2.45) is 0 Å². The highest BCUT2D eigenvalue weighted by molar-refractivity contribution is 7.08. The molecule has 0 radical (unpaired) electrons. The van der Waals surface area contributed by atoms with Gasteiger partial charge in [0.2, 0.25) is 0 Å². The molecule has 160 valence electrons. The van der Waals surface area contributed by atoms with Crippen LogP contribution in [0, 0.1) is 11.6 Å². The van der Waals surface area contributed by atoms with Crippen LogP contribution in [-0.2, 0) is 17.6 Å². The molecule has 0 saturated heterocycles. The number of benzene rings is 2. The molecule has 4 aromatic rings. The predicted molar refractivity (Wildman–Crippen MR) is 125 cm³/mol. The van der Waals surface area contributed by atoms with E-state index in [1.165, 1.54) is 35.4 Å². The van der Waals surface area contributed by atoms with E-state index in [4.69, 9.17) is 4.74 Å². The molecule has 0 aliphatic heterocycles. The second-order valence-electron chi connectivity index (χ2n) is 7.71. The third-order valence-corrected chi connectivity index (χ3v) is 6.86. The summed E-state index contributed by atoms with van der Waals surface area (Å²) >= 11 is 3.35. The lowest BCUT2D eigenvalue weighted by atomic mass is 9.93. The van der Waals surface area contributed by atoms with Crippen molar-refractivity contribution in [3.05, 3.63) is 116 Å². The Morgan fingerprint density at radius 2 is 1.03 bits per heavy atom. The summed E-state index contributed by atoms with van der Waals surface area (Å²) in [6.45, 7) is 1.19. The van der Waals surface area contributed by atoms with Gasteiger partial charge < -0.3 is 4.74 Å². The van der Waals surface area contributed by atoms with E-state index in [-0.39, 0.29) is 23.5 Å². The molecular formula is C26H24F2OS2. The maximum absolute atomic E-state index is 13.3. The van der Waals surface area contributed by atoms with Gasteiger partial charge in [0, 0.05) is 11.8 Å². The normalized spacial score (nSPS) is 13.2. The van der Waals surface area contributed by atoms with E-state index < -0.39 is 0 Å². The van der Waals surface area contributed by atoms with Crippen molar-refractivity contribution < 1.29 is 13.5 Å². The van der Waals surface area contributed by atoms with Crippen LogP contribution >= 0.6 is 22.7 Å². The van der Waals surface area contributed by atoms with E-state index >= 15 is 0 Å². The summed E-state index contributed by atoms with van der Waals surface area (Å²) in [5.74, 6) is -0.00530. The first-order valence-corrected chi connectivity index (χ1v) is 12.2. The van der Waals surface area contributed by atoms with Crippen LogP contribution in [0.4, 0.5) is 8.78 Å². The zero-order valence-corrected chi connectivity index (χ0v) is 18.7. The van der Waals surface area contributed by atoms with Crippen molar-refractivity contribution in [3.8, 4) is 0 Å². The minimum atomic E-state index is -0.216. The zero-order valence-electron chi connectivity index (χ0n) is 17.0. The van der Waals surface area contributed by atoms with Crippen LogP contribution < -0.4 is 0 Å². The molecule has 0 fully saturated rings. The molecule has 31 heavy (non-hydrogen) atoms. The fourth-order valence-corrected chi connectivity index (χ4v) is 5.21. The van der Waals surface area contributed by atoms with Crippen LogP contribution in [0.3, 0.4) is 0 Å². The maximum Gasteiger partial charge on any atom is 0.123 e. The Morgan fingerprint density at radius 3 is 1.39 bits per heavy atom. The average Bonchev–Trinajstić information content (AvgIpc) is 3.50. The molecule has 0 spiro atoms. The summed E-state index contributed by atoms with van der Waals surface area (Å²) in [6, 6.07) is 17.7. The molecule has 2 unspecified atom stereocenters. The third kappa shape index (κ3) is 6.33. The Hall–Kier alpha value is -2.34. The Labute approximate surface area is 190 Å². The van der Waals surface area contributed by atoms with Crippen molar-refractivity contribution in [2.45, 2.75) is 24.7 Å². The van der Waals surface area contributed by atoms with Gasteiger partial charge in [0.15, 0.2) is 0 Å². The number of ether oxygens (including phenoxy) is 1. The molecule has 2 atom stereocenters. The molecule has 1 nitrogen and oxygen atoms in total. The Bertz CT molecular complexity index is 940. The van der Waals surface area contributed by atoms with Gasteiger partial charge in [0.25, 0.3) is 0 Å². The van der Waals surface area contributed by atoms with Crippen molar-refractivity contribution in [3.63, 3.8) is 0 Å². The largest absolute Gasteiger partial charge is 0.380 e. The van der Waals surface area contributed by atoms with E-state index in [0.29, 0.717) is 13.2 Å². The Morgan fingerprint density at radius 1 is 0.613 bits per heavy atom. The van der Waals surface area contributed by atoms with Crippen LogP contribution in [0.1, 0.15) is 34.1 Å². The fraction of sp³-hybridized carbons (Fsp3) is 0.231. The van der Waals surface area contributed by atoms with Gasteiger partial charge in [-0.25, -0.2) is 8.78 Å². The molecule has 0 aliphatic carbocycles. The van der Waals surface area contributed by atoms with Crippen LogP contribution in [0.25, 0.3) is 0 Å². The van der Waals surface area contributed by atoms with Crippen molar-refractivity contribution >= 4 is 22.7 Å². The molecular weight excluding hydrogens is 430 g/mol. The van der Waals surface area contributed by atoms with E-state index in [9.17, 15) is 8.78 Å². The standard InChI is InChI=1S/C26H24F2OS2/c27-25-5-1-19(2-6-25)13-23(21-9-11-30-17-21)15-29-16-24(22-10-12-31-18-22)14-20-3-7-26(28)8-4-20/h1-12,17-18,23-24H,13-16H2. The van der Waals surface area contributed by atoms with Crippen molar-refractivity contribution in [2.75, 3.05) is 13.2 Å². The number of rotatable bonds is 10. The molecule has 2 aromatic carbocycles. The number of thiophene rings is 2. The lowest BCUT2D eigenvalue weighted by Gasteiger charge is -2.20. The number of halogens is 2. The summed E-state index contributed by atoms with van der Waals surface area (Å²) in [5, 5.41) is 8.48. The first-order valence-electron chi connectivity index (χ1n) is 10.3. The summed E-state index contributed by atoms with van der Waals surface area (Å²) in [4.78, 5) is 0. The minimum Gasteiger partial charge on any atom is -0.380 e. The van der Waals surface area contributed by atoms with E-state index in [1.807, 2.05) is 24.3 Å². The summed E-state index contributed by atoms with van der Waals surface area (Å²) in [7, 11) is 0. The molecule has 0 saturated carbocycles. The second kappa shape index (κ2) is 10.8. The highest BCUT2D eigenvalue weighted by atomic mass is 32.1. The summed E-state index contributed by atoms with van der Waals surface area (Å²) < 4.78 is 32.8. The van der Waals surface area contributed by atoms with Gasteiger partial charge in [-0.2, -0.15) is 22.7 Å². The van der Waals surface area contributed by atoms with E-state index in [2.05, 4.69) is 33.7 Å². The van der Waals surface area contributed by atoms with Gasteiger partial charge in [-0.3, -0.25) is 0 Å². The smallest absolute Gasteiger partial charge is 0.123 e. The number of hydrogen-bond acceptors (Lipinski definition) is 3. The van der Waals surface area contributed by atoms with Crippen LogP contribution in [0.5, 0.6) is 0 Å². The minimum absolute atomic E-state index is 0.214. The molecule has 0 aliphatic rings. The Balaban J connectivity index is 1.42. The van der Waals surface area contributed by atoms with Gasteiger partial charge >= 0.3 is 0 Å². The van der Waals surface area contributed by atoms with Crippen LogP contribution in [0.15, 0.2) is 82.2 Å². The predicted octanol–water partition coefficient (Wildman–Crippen LogP) is 7.46. The molecule has 5 heteroatoms. The second-order valence-corrected chi connectivity index (χ2v) is 9.27. The van der Waals surface area contributed by atoms with Crippen LogP contribution in [0.2, 0.25) is 0 Å².